The van der Waals surface area contributed by atoms with Crippen molar-refractivity contribution in [2.75, 3.05) is 5.43 Å². The van der Waals surface area contributed by atoms with Gasteiger partial charge in [0, 0.05) is 0 Å². The minimum absolute atomic E-state index is 0.234. The number of nitrogens with two attached hydrogens (primary N) is 1. The highest BCUT2D eigenvalue weighted by Crippen LogP contribution is 2.27. The summed E-state index contributed by atoms with van der Waals surface area (Å²) in [5, 5.41) is 7.54. The van der Waals surface area contributed by atoms with Crippen LogP contribution in [0.4, 0.5) is 5.95 Å². The Morgan fingerprint density at radius 3 is 2.89 bits per heavy atom. The van der Waals surface area contributed by atoms with Crippen molar-refractivity contribution in [3.8, 4) is 5.88 Å². The first-order chi connectivity index (χ1) is 8.86. The molecular formula is C11H16N6O. The third-order valence-corrected chi connectivity index (χ3v) is 3.23. The zero-order valence-electron chi connectivity index (χ0n) is 10.0. The molecule has 1 aliphatic rings. The van der Waals surface area contributed by atoms with Crippen LogP contribution in [0.1, 0.15) is 32.1 Å². The Hall–Kier alpha value is -1.89. The zero-order valence-corrected chi connectivity index (χ0v) is 10.0. The van der Waals surface area contributed by atoms with Crippen LogP contribution < -0.4 is 16.0 Å². The zero-order chi connectivity index (χ0) is 12.4. The normalized spacial score (nSPS) is 16.9. The molecule has 7 heteroatoms. The maximum Gasteiger partial charge on any atom is 0.242 e. The molecule has 3 rings (SSSR count). The maximum atomic E-state index is 5.96. The number of nitrogens with one attached hydrogen (secondary N) is 2. The smallest absolute Gasteiger partial charge is 0.242 e. The molecule has 0 unspecified atom stereocenters. The first kappa shape index (κ1) is 11.2. The van der Waals surface area contributed by atoms with Gasteiger partial charge in [0.05, 0.1) is 6.20 Å². The molecule has 0 bridgehead atoms. The largest absolute Gasteiger partial charge is 0.474 e. The molecule has 1 aliphatic carbocycles. The van der Waals surface area contributed by atoms with Crippen LogP contribution in [0.3, 0.4) is 0 Å². The van der Waals surface area contributed by atoms with E-state index in [1.807, 2.05) is 0 Å². The number of rotatable bonds is 3. The number of aromatic amines is 1. The first-order valence-electron chi connectivity index (χ1n) is 6.21. The Labute approximate surface area is 104 Å². The SMILES string of the molecule is NNc1nc(OC2CCCCC2)c2cn[nH]c2n1. The van der Waals surface area contributed by atoms with Gasteiger partial charge in [0.15, 0.2) is 5.65 Å². The number of anilines is 1. The van der Waals surface area contributed by atoms with Gasteiger partial charge in [-0.15, -0.1) is 0 Å². The lowest BCUT2D eigenvalue weighted by atomic mass is 9.98. The molecule has 0 radical (unpaired) electrons. The summed E-state index contributed by atoms with van der Waals surface area (Å²) in [6, 6.07) is 0. The van der Waals surface area contributed by atoms with Crippen molar-refractivity contribution in [1.82, 2.24) is 20.2 Å². The monoisotopic (exact) mass is 248 g/mol. The highest BCUT2D eigenvalue weighted by atomic mass is 16.5. The maximum absolute atomic E-state index is 5.96. The van der Waals surface area contributed by atoms with Crippen LogP contribution in [0.15, 0.2) is 6.20 Å². The number of hydrazine groups is 1. The third-order valence-electron chi connectivity index (χ3n) is 3.23. The summed E-state index contributed by atoms with van der Waals surface area (Å²) in [5.41, 5.74) is 3.07. The van der Waals surface area contributed by atoms with Crippen molar-refractivity contribution < 1.29 is 4.74 Å². The summed E-state index contributed by atoms with van der Waals surface area (Å²) in [4.78, 5) is 8.42. The summed E-state index contributed by atoms with van der Waals surface area (Å²) >= 11 is 0. The molecule has 0 aromatic carbocycles. The molecule has 0 aliphatic heterocycles. The lowest BCUT2D eigenvalue weighted by Gasteiger charge is -2.22. The highest BCUT2D eigenvalue weighted by molar-refractivity contribution is 5.80. The Kier molecular flexibility index (Phi) is 2.97. The van der Waals surface area contributed by atoms with Gasteiger partial charge in [0.1, 0.15) is 11.5 Å². The van der Waals surface area contributed by atoms with Crippen LogP contribution in [-0.4, -0.2) is 26.3 Å². The fourth-order valence-electron chi connectivity index (χ4n) is 2.30. The molecule has 1 fully saturated rings. The van der Waals surface area contributed by atoms with E-state index >= 15 is 0 Å². The summed E-state index contributed by atoms with van der Waals surface area (Å²) < 4.78 is 5.96. The number of nitrogens with zero attached hydrogens (tertiary/aromatic N) is 3. The van der Waals surface area contributed by atoms with E-state index in [0.717, 1.165) is 18.2 Å². The van der Waals surface area contributed by atoms with E-state index < -0.39 is 0 Å². The van der Waals surface area contributed by atoms with Crippen LogP contribution in [-0.2, 0) is 0 Å². The molecule has 0 spiro atoms. The molecular weight excluding hydrogens is 232 g/mol. The van der Waals surface area contributed by atoms with E-state index in [1.54, 1.807) is 6.20 Å². The van der Waals surface area contributed by atoms with Crippen molar-refractivity contribution in [2.45, 2.75) is 38.2 Å². The van der Waals surface area contributed by atoms with Crippen LogP contribution in [0, 0.1) is 0 Å². The molecule has 2 heterocycles. The van der Waals surface area contributed by atoms with E-state index in [9.17, 15) is 0 Å². The molecule has 2 aromatic heterocycles. The van der Waals surface area contributed by atoms with Gasteiger partial charge in [0.25, 0.3) is 0 Å². The summed E-state index contributed by atoms with van der Waals surface area (Å²) in [6.07, 6.45) is 7.79. The predicted molar refractivity (Wildman–Crippen MR) is 67.0 cm³/mol. The first-order valence-corrected chi connectivity index (χ1v) is 6.21. The van der Waals surface area contributed by atoms with Gasteiger partial charge in [-0.25, -0.2) is 5.84 Å². The predicted octanol–water partition coefficient (Wildman–Crippen LogP) is 1.35. The fraction of sp³-hybridized carbons (Fsp3) is 0.545. The Balaban J connectivity index is 1.91. The number of hydrogen-bond acceptors (Lipinski definition) is 6. The number of hydrogen-bond donors (Lipinski definition) is 3. The molecule has 4 N–H and O–H groups in total. The average molecular weight is 248 g/mol. The third kappa shape index (κ3) is 2.08. The number of H-pyrrole nitrogens is 1. The van der Waals surface area contributed by atoms with Gasteiger partial charge >= 0.3 is 0 Å². The van der Waals surface area contributed by atoms with Crippen LogP contribution in [0.2, 0.25) is 0 Å². The summed E-state index contributed by atoms with van der Waals surface area (Å²) in [5.74, 6) is 6.23. The van der Waals surface area contributed by atoms with Gasteiger partial charge in [-0.2, -0.15) is 15.1 Å². The topological polar surface area (TPSA) is 102 Å². The quantitative estimate of drug-likeness (QED) is 0.559. The fourth-order valence-corrected chi connectivity index (χ4v) is 2.30. The lowest BCUT2D eigenvalue weighted by Crippen LogP contribution is -2.21. The molecule has 2 aromatic rings. The second-order valence-corrected chi connectivity index (χ2v) is 4.51. The van der Waals surface area contributed by atoms with Crippen LogP contribution >= 0.6 is 0 Å². The van der Waals surface area contributed by atoms with Crippen molar-refractivity contribution >= 4 is 17.0 Å². The number of aromatic nitrogens is 4. The van der Waals surface area contributed by atoms with Gasteiger partial charge in [-0.05, 0) is 25.7 Å². The van der Waals surface area contributed by atoms with Gasteiger partial charge in [0.2, 0.25) is 11.8 Å². The summed E-state index contributed by atoms with van der Waals surface area (Å²) in [6.45, 7) is 0. The van der Waals surface area contributed by atoms with Crippen molar-refractivity contribution in [3.05, 3.63) is 6.20 Å². The molecule has 0 atom stereocenters. The van der Waals surface area contributed by atoms with E-state index in [2.05, 4.69) is 25.6 Å². The van der Waals surface area contributed by atoms with Gasteiger partial charge < -0.3 is 4.74 Å². The average Bonchev–Trinajstić information content (AvgIpc) is 2.88. The molecule has 7 nitrogen and oxygen atoms in total. The number of fused-ring (bicyclic) bond motifs is 1. The minimum atomic E-state index is 0.234. The van der Waals surface area contributed by atoms with Crippen molar-refractivity contribution in [1.29, 1.82) is 0 Å². The highest BCUT2D eigenvalue weighted by Gasteiger charge is 2.18. The number of ether oxygens (including phenoxy) is 1. The Bertz CT molecular complexity index is 533. The van der Waals surface area contributed by atoms with E-state index in [-0.39, 0.29) is 6.10 Å². The van der Waals surface area contributed by atoms with E-state index in [0.29, 0.717) is 17.5 Å². The standard InChI is InChI=1S/C11H16N6O/c12-16-11-14-9-8(6-13-17-9)10(15-11)18-7-4-2-1-3-5-7/h6-7H,1-5,12H2,(H2,13,14,15,16,17). The summed E-state index contributed by atoms with van der Waals surface area (Å²) in [7, 11) is 0. The van der Waals surface area contributed by atoms with Crippen LogP contribution in [0.25, 0.3) is 11.0 Å². The van der Waals surface area contributed by atoms with Crippen molar-refractivity contribution in [3.63, 3.8) is 0 Å². The van der Waals surface area contributed by atoms with E-state index in [4.69, 9.17) is 10.6 Å². The van der Waals surface area contributed by atoms with E-state index in [1.165, 1.54) is 19.3 Å². The Morgan fingerprint density at radius 1 is 1.28 bits per heavy atom. The molecule has 1 saturated carbocycles. The molecule has 0 saturated heterocycles. The second kappa shape index (κ2) is 4.77. The molecule has 96 valence electrons. The lowest BCUT2D eigenvalue weighted by molar-refractivity contribution is 0.151. The van der Waals surface area contributed by atoms with Crippen molar-refractivity contribution in [2.24, 2.45) is 5.84 Å². The minimum Gasteiger partial charge on any atom is -0.474 e. The molecule has 18 heavy (non-hydrogen) atoms. The van der Waals surface area contributed by atoms with Gasteiger partial charge in [-0.1, -0.05) is 6.42 Å². The Morgan fingerprint density at radius 2 is 2.11 bits per heavy atom. The van der Waals surface area contributed by atoms with Crippen LogP contribution in [0.5, 0.6) is 5.88 Å². The second-order valence-electron chi connectivity index (χ2n) is 4.51. The number of nitrogen functional groups attached to an aromatic ring is 1. The molecule has 0 amide bonds. The van der Waals surface area contributed by atoms with Gasteiger partial charge in [-0.3, -0.25) is 10.5 Å².